The van der Waals surface area contributed by atoms with Crippen molar-refractivity contribution in [3.05, 3.63) is 39.8 Å². The Hall–Kier alpha value is -2.21. The number of benzene rings is 1. The minimum atomic E-state index is -0.187. The lowest BCUT2D eigenvalue weighted by Crippen LogP contribution is -2.12. The molecule has 0 aliphatic carbocycles. The standard InChI is InChI=1S/C14H15N3O2S/c1-8-13(20-10(3)15-8)14(19)17-12-6-4-5-11(7-12)16-9(2)18/h4-7H,1-3H3,(H,16,18)(H,17,19). The summed E-state index contributed by atoms with van der Waals surface area (Å²) in [5.41, 5.74) is 2.00. The highest BCUT2D eigenvalue weighted by Crippen LogP contribution is 2.20. The number of hydrogen-bond donors (Lipinski definition) is 2. The summed E-state index contributed by atoms with van der Waals surface area (Å²) in [5.74, 6) is -0.338. The lowest BCUT2D eigenvalue weighted by molar-refractivity contribution is -0.114. The van der Waals surface area contributed by atoms with Crippen LogP contribution in [0.4, 0.5) is 11.4 Å². The van der Waals surface area contributed by atoms with Crippen molar-refractivity contribution in [3.63, 3.8) is 0 Å². The van der Waals surface area contributed by atoms with Gasteiger partial charge in [-0.15, -0.1) is 11.3 Å². The lowest BCUT2D eigenvalue weighted by Gasteiger charge is -2.07. The molecule has 0 radical (unpaired) electrons. The normalized spacial score (nSPS) is 10.2. The van der Waals surface area contributed by atoms with Crippen molar-refractivity contribution in [2.45, 2.75) is 20.8 Å². The zero-order valence-electron chi connectivity index (χ0n) is 11.5. The summed E-state index contributed by atoms with van der Waals surface area (Å²) in [6.45, 7) is 5.12. The molecule has 0 fully saturated rings. The van der Waals surface area contributed by atoms with Crippen LogP contribution in [0.2, 0.25) is 0 Å². The zero-order valence-corrected chi connectivity index (χ0v) is 12.3. The average Bonchev–Trinajstić information content (AvgIpc) is 2.68. The summed E-state index contributed by atoms with van der Waals surface area (Å²) in [6.07, 6.45) is 0. The molecule has 6 heteroatoms. The maximum absolute atomic E-state index is 12.2. The van der Waals surface area contributed by atoms with E-state index in [-0.39, 0.29) is 11.8 Å². The molecule has 2 amide bonds. The molecule has 0 saturated carbocycles. The SMILES string of the molecule is CC(=O)Nc1cccc(NC(=O)c2sc(C)nc2C)c1. The minimum Gasteiger partial charge on any atom is -0.326 e. The molecule has 0 unspecified atom stereocenters. The third-order valence-corrected chi connectivity index (χ3v) is 3.62. The highest BCUT2D eigenvalue weighted by Gasteiger charge is 2.14. The summed E-state index contributed by atoms with van der Waals surface area (Å²) < 4.78 is 0. The molecule has 20 heavy (non-hydrogen) atoms. The van der Waals surface area contributed by atoms with E-state index in [2.05, 4.69) is 15.6 Å². The number of nitrogens with one attached hydrogen (secondary N) is 2. The van der Waals surface area contributed by atoms with E-state index in [0.29, 0.717) is 16.3 Å². The molecule has 0 aliphatic heterocycles. The molecule has 1 heterocycles. The first-order valence-corrected chi connectivity index (χ1v) is 6.90. The Labute approximate surface area is 121 Å². The van der Waals surface area contributed by atoms with Gasteiger partial charge in [-0.1, -0.05) is 6.07 Å². The number of nitrogens with zero attached hydrogens (tertiary/aromatic N) is 1. The fraction of sp³-hybridized carbons (Fsp3) is 0.214. The number of amides is 2. The van der Waals surface area contributed by atoms with Gasteiger partial charge >= 0.3 is 0 Å². The van der Waals surface area contributed by atoms with Gasteiger partial charge in [0.15, 0.2) is 0 Å². The van der Waals surface area contributed by atoms with Crippen LogP contribution in [-0.2, 0) is 4.79 Å². The van der Waals surface area contributed by atoms with Crippen LogP contribution < -0.4 is 10.6 Å². The van der Waals surface area contributed by atoms with Gasteiger partial charge in [0, 0.05) is 18.3 Å². The topological polar surface area (TPSA) is 71.1 Å². The highest BCUT2D eigenvalue weighted by atomic mass is 32.1. The van der Waals surface area contributed by atoms with E-state index in [9.17, 15) is 9.59 Å². The van der Waals surface area contributed by atoms with Crippen LogP contribution in [0.25, 0.3) is 0 Å². The Balaban J connectivity index is 2.15. The minimum absolute atomic E-state index is 0.151. The lowest BCUT2D eigenvalue weighted by atomic mass is 10.2. The second-order valence-electron chi connectivity index (χ2n) is 4.36. The molecular formula is C14H15N3O2S. The first kappa shape index (κ1) is 14.2. The van der Waals surface area contributed by atoms with Crippen LogP contribution in [0, 0.1) is 13.8 Å². The molecule has 0 aliphatic rings. The maximum atomic E-state index is 12.2. The fourth-order valence-electron chi connectivity index (χ4n) is 1.81. The Morgan fingerprint density at radius 2 is 1.80 bits per heavy atom. The van der Waals surface area contributed by atoms with E-state index < -0.39 is 0 Å². The molecule has 1 aromatic heterocycles. The molecule has 5 nitrogen and oxygen atoms in total. The Bertz CT molecular complexity index is 664. The number of carbonyl (C=O) groups is 2. The summed E-state index contributed by atoms with van der Waals surface area (Å²) in [5, 5.41) is 6.34. The average molecular weight is 289 g/mol. The largest absolute Gasteiger partial charge is 0.326 e. The fourth-order valence-corrected chi connectivity index (χ4v) is 2.62. The molecule has 0 bridgehead atoms. The van der Waals surface area contributed by atoms with Gasteiger partial charge in [-0.05, 0) is 32.0 Å². The van der Waals surface area contributed by atoms with E-state index in [4.69, 9.17) is 0 Å². The summed E-state index contributed by atoms with van der Waals surface area (Å²) in [7, 11) is 0. The zero-order chi connectivity index (χ0) is 14.7. The van der Waals surface area contributed by atoms with Gasteiger partial charge < -0.3 is 10.6 Å². The molecule has 0 spiro atoms. The number of anilines is 2. The Kier molecular flexibility index (Phi) is 4.14. The second-order valence-corrected chi connectivity index (χ2v) is 5.57. The highest BCUT2D eigenvalue weighted by molar-refractivity contribution is 7.13. The molecule has 104 valence electrons. The van der Waals surface area contributed by atoms with Gasteiger partial charge in [-0.3, -0.25) is 9.59 Å². The summed E-state index contributed by atoms with van der Waals surface area (Å²) >= 11 is 1.36. The third kappa shape index (κ3) is 3.42. The molecule has 2 aromatic rings. The van der Waals surface area contributed by atoms with Crippen molar-refractivity contribution in [2.24, 2.45) is 0 Å². The van der Waals surface area contributed by atoms with E-state index >= 15 is 0 Å². The molecular weight excluding hydrogens is 274 g/mol. The molecule has 0 saturated heterocycles. The number of aryl methyl sites for hydroxylation is 2. The van der Waals surface area contributed by atoms with Crippen LogP contribution in [0.15, 0.2) is 24.3 Å². The number of rotatable bonds is 3. The van der Waals surface area contributed by atoms with Gasteiger partial charge in [0.1, 0.15) is 4.88 Å². The summed E-state index contributed by atoms with van der Waals surface area (Å²) in [4.78, 5) is 28.0. The van der Waals surface area contributed by atoms with E-state index in [1.807, 2.05) is 13.8 Å². The van der Waals surface area contributed by atoms with Gasteiger partial charge in [0.05, 0.1) is 10.7 Å². The number of thiazole rings is 1. The van der Waals surface area contributed by atoms with Crippen molar-refractivity contribution in [1.29, 1.82) is 0 Å². The second kappa shape index (κ2) is 5.83. The van der Waals surface area contributed by atoms with Crippen molar-refractivity contribution >= 4 is 34.5 Å². The van der Waals surface area contributed by atoms with E-state index in [0.717, 1.165) is 10.7 Å². The predicted octanol–water partition coefficient (Wildman–Crippen LogP) is 2.97. The van der Waals surface area contributed by atoms with Gasteiger partial charge in [-0.2, -0.15) is 0 Å². The van der Waals surface area contributed by atoms with E-state index in [1.54, 1.807) is 24.3 Å². The van der Waals surface area contributed by atoms with Crippen molar-refractivity contribution in [2.75, 3.05) is 10.6 Å². The van der Waals surface area contributed by atoms with Crippen LogP contribution in [-0.4, -0.2) is 16.8 Å². The van der Waals surface area contributed by atoms with Gasteiger partial charge in [-0.25, -0.2) is 4.98 Å². The van der Waals surface area contributed by atoms with Crippen molar-refractivity contribution in [1.82, 2.24) is 4.98 Å². The smallest absolute Gasteiger partial charge is 0.267 e. The monoisotopic (exact) mass is 289 g/mol. The Morgan fingerprint density at radius 3 is 2.35 bits per heavy atom. The Morgan fingerprint density at radius 1 is 1.15 bits per heavy atom. The molecule has 2 N–H and O–H groups in total. The van der Waals surface area contributed by atoms with Crippen molar-refractivity contribution < 1.29 is 9.59 Å². The predicted molar refractivity (Wildman–Crippen MR) is 80.3 cm³/mol. The van der Waals surface area contributed by atoms with Crippen LogP contribution in [0.1, 0.15) is 27.3 Å². The first-order chi connectivity index (χ1) is 9.45. The van der Waals surface area contributed by atoms with Crippen LogP contribution >= 0.6 is 11.3 Å². The maximum Gasteiger partial charge on any atom is 0.267 e. The van der Waals surface area contributed by atoms with Crippen LogP contribution in [0.3, 0.4) is 0 Å². The molecule has 0 atom stereocenters. The van der Waals surface area contributed by atoms with Gasteiger partial charge in [0.25, 0.3) is 5.91 Å². The number of aromatic nitrogens is 1. The number of carbonyl (C=O) groups excluding carboxylic acids is 2. The summed E-state index contributed by atoms with van der Waals surface area (Å²) in [6, 6.07) is 7.01. The third-order valence-electron chi connectivity index (χ3n) is 2.55. The molecule has 2 rings (SSSR count). The van der Waals surface area contributed by atoms with Gasteiger partial charge in [0.2, 0.25) is 5.91 Å². The van der Waals surface area contributed by atoms with Crippen molar-refractivity contribution in [3.8, 4) is 0 Å². The van der Waals surface area contributed by atoms with E-state index in [1.165, 1.54) is 18.3 Å². The van der Waals surface area contributed by atoms with Crippen LogP contribution in [0.5, 0.6) is 0 Å². The first-order valence-electron chi connectivity index (χ1n) is 6.09. The molecule has 1 aromatic carbocycles. The number of hydrogen-bond acceptors (Lipinski definition) is 4. The quantitative estimate of drug-likeness (QED) is 0.912.